The summed E-state index contributed by atoms with van der Waals surface area (Å²) in [7, 11) is 0. The highest BCUT2D eigenvalue weighted by Crippen LogP contribution is 2.33. The molecule has 104 valence electrons. The molecular formula is C17H19NOS. The Bertz CT molecular complexity index is 570. The number of carbonyl (C=O) groups is 1. The number of rotatable bonds is 6. The average molecular weight is 285 g/mol. The zero-order valence-corrected chi connectivity index (χ0v) is 12.5. The first-order chi connectivity index (χ1) is 9.78. The van der Waals surface area contributed by atoms with E-state index < -0.39 is 0 Å². The third-order valence-corrected chi connectivity index (χ3v) is 4.60. The van der Waals surface area contributed by atoms with Crippen molar-refractivity contribution >= 4 is 22.8 Å². The summed E-state index contributed by atoms with van der Waals surface area (Å²) >= 11 is 1.81. The van der Waals surface area contributed by atoms with E-state index in [1.165, 1.54) is 23.4 Å². The van der Waals surface area contributed by atoms with E-state index in [4.69, 9.17) is 0 Å². The van der Waals surface area contributed by atoms with Crippen molar-refractivity contribution in [1.82, 2.24) is 0 Å². The van der Waals surface area contributed by atoms with Crippen LogP contribution in [0.15, 0.2) is 41.8 Å². The Kier molecular flexibility index (Phi) is 3.88. The van der Waals surface area contributed by atoms with Crippen LogP contribution in [0.4, 0.5) is 5.69 Å². The topological polar surface area (TPSA) is 20.3 Å². The second-order valence-corrected chi connectivity index (χ2v) is 6.29. The van der Waals surface area contributed by atoms with Gasteiger partial charge in [0.1, 0.15) is 0 Å². The van der Waals surface area contributed by atoms with Gasteiger partial charge < -0.3 is 4.90 Å². The van der Waals surface area contributed by atoms with Crippen molar-refractivity contribution < 1.29 is 4.79 Å². The van der Waals surface area contributed by atoms with E-state index in [2.05, 4.69) is 34.5 Å². The number of hydrogen-bond donors (Lipinski definition) is 0. The smallest absolute Gasteiger partial charge is 0.162 e. The molecule has 0 unspecified atom stereocenters. The standard InChI is InChI=1S/C17H19NOS/c1-2-17(19)13-5-7-14(8-6-13)18(15-9-10-15)12-16-4-3-11-20-16/h3-8,11,15H,2,9-10,12H2,1H3. The Balaban J connectivity index is 1.79. The third-order valence-electron chi connectivity index (χ3n) is 3.74. The lowest BCUT2D eigenvalue weighted by molar-refractivity contribution is 0.0988. The van der Waals surface area contributed by atoms with Gasteiger partial charge in [-0.2, -0.15) is 0 Å². The Labute approximate surface area is 124 Å². The maximum atomic E-state index is 11.7. The van der Waals surface area contributed by atoms with E-state index >= 15 is 0 Å². The number of hydrogen-bond acceptors (Lipinski definition) is 3. The fourth-order valence-electron chi connectivity index (χ4n) is 2.43. The van der Waals surface area contributed by atoms with Crippen molar-refractivity contribution in [1.29, 1.82) is 0 Å². The molecule has 3 heteroatoms. The number of anilines is 1. The van der Waals surface area contributed by atoms with Gasteiger partial charge in [0.15, 0.2) is 5.78 Å². The first-order valence-electron chi connectivity index (χ1n) is 7.20. The summed E-state index contributed by atoms with van der Waals surface area (Å²) in [5, 5.41) is 2.13. The molecule has 3 rings (SSSR count). The van der Waals surface area contributed by atoms with Crippen LogP contribution in [-0.2, 0) is 6.54 Å². The molecule has 1 aliphatic rings. The molecule has 2 aromatic rings. The van der Waals surface area contributed by atoms with Crippen LogP contribution >= 0.6 is 11.3 Å². The number of ketones is 1. The van der Waals surface area contributed by atoms with Gasteiger partial charge in [-0.1, -0.05) is 13.0 Å². The quantitative estimate of drug-likeness (QED) is 0.728. The average Bonchev–Trinajstić information content (AvgIpc) is 3.21. The van der Waals surface area contributed by atoms with Crippen molar-refractivity contribution in [2.24, 2.45) is 0 Å². The first-order valence-corrected chi connectivity index (χ1v) is 8.08. The van der Waals surface area contributed by atoms with Crippen LogP contribution in [0.3, 0.4) is 0 Å². The van der Waals surface area contributed by atoms with Crippen molar-refractivity contribution in [3.63, 3.8) is 0 Å². The number of Topliss-reactive ketones (excluding diaryl/α,β-unsaturated/α-hetero) is 1. The number of benzene rings is 1. The van der Waals surface area contributed by atoms with E-state index in [9.17, 15) is 4.79 Å². The second-order valence-electron chi connectivity index (χ2n) is 5.26. The first kappa shape index (κ1) is 13.4. The normalized spacial score (nSPS) is 14.2. The van der Waals surface area contributed by atoms with Gasteiger partial charge in [0, 0.05) is 28.6 Å². The van der Waals surface area contributed by atoms with E-state index in [1.807, 2.05) is 19.1 Å². The molecule has 0 amide bonds. The van der Waals surface area contributed by atoms with Gasteiger partial charge in [-0.3, -0.25) is 4.79 Å². The Morgan fingerprint density at radius 3 is 2.55 bits per heavy atom. The molecule has 1 fully saturated rings. The van der Waals surface area contributed by atoms with E-state index in [0.717, 1.165) is 12.1 Å². The fourth-order valence-corrected chi connectivity index (χ4v) is 3.13. The number of nitrogens with zero attached hydrogens (tertiary/aromatic N) is 1. The molecule has 0 N–H and O–H groups in total. The van der Waals surface area contributed by atoms with Crippen LogP contribution in [0, 0.1) is 0 Å². The maximum absolute atomic E-state index is 11.7. The van der Waals surface area contributed by atoms with Crippen molar-refractivity contribution in [2.75, 3.05) is 4.90 Å². The van der Waals surface area contributed by atoms with Gasteiger partial charge >= 0.3 is 0 Å². The van der Waals surface area contributed by atoms with E-state index in [1.54, 1.807) is 11.3 Å². The Morgan fingerprint density at radius 2 is 2.00 bits per heavy atom. The molecule has 20 heavy (non-hydrogen) atoms. The van der Waals surface area contributed by atoms with Crippen LogP contribution in [0.25, 0.3) is 0 Å². The largest absolute Gasteiger partial charge is 0.363 e. The van der Waals surface area contributed by atoms with Crippen LogP contribution in [0.1, 0.15) is 41.4 Å². The van der Waals surface area contributed by atoms with Crippen LogP contribution in [-0.4, -0.2) is 11.8 Å². The summed E-state index contributed by atoms with van der Waals surface area (Å²) in [5.41, 5.74) is 2.05. The Hall–Kier alpha value is -1.61. The highest BCUT2D eigenvalue weighted by molar-refractivity contribution is 7.09. The molecule has 1 heterocycles. The van der Waals surface area contributed by atoms with Gasteiger partial charge in [-0.15, -0.1) is 11.3 Å². The molecule has 0 radical (unpaired) electrons. The minimum absolute atomic E-state index is 0.216. The van der Waals surface area contributed by atoms with Gasteiger partial charge in [0.2, 0.25) is 0 Å². The lowest BCUT2D eigenvalue weighted by atomic mass is 10.1. The molecule has 0 spiro atoms. The van der Waals surface area contributed by atoms with Gasteiger partial charge in [-0.05, 0) is 48.6 Å². The lowest BCUT2D eigenvalue weighted by Crippen LogP contribution is -2.24. The predicted octanol–water partition coefficient (Wildman–Crippen LogP) is 4.51. The molecule has 0 saturated heterocycles. The SMILES string of the molecule is CCC(=O)c1ccc(N(Cc2cccs2)C2CC2)cc1. The minimum Gasteiger partial charge on any atom is -0.363 e. The summed E-state index contributed by atoms with van der Waals surface area (Å²) in [4.78, 5) is 15.5. The molecular weight excluding hydrogens is 266 g/mol. The monoisotopic (exact) mass is 285 g/mol. The second kappa shape index (κ2) is 5.80. The van der Waals surface area contributed by atoms with Gasteiger partial charge in [0.25, 0.3) is 0 Å². The molecule has 0 aliphatic heterocycles. The highest BCUT2D eigenvalue weighted by atomic mass is 32.1. The summed E-state index contributed by atoms with van der Waals surface area (Å²) in [6.07, 6.45) is 3.13. The summed E-state index contributed by atoms with van der Waals surface area (Å²) < 4.78 is 0. The van der Waals surface area contributed by atoms with Crippen molar-refractivity contribution in [3.8, 4) is 0 Å². The van der Waals surface area contributed by atoms with Crippen LogP contribution in [0.5, 0.6) is 0 Å². The molecule has 0 atom stereocenters. The van der Waals surface area contributed by atoms with Crippen LogP contribution in [0.2, 0.25) is 0 Å². The molecule has 1 aliphatic carbocycles. The summed E-state index contributed by atoms with van der Waals surface area (Å²) in [6, 6.07) is 13.1. The fraction of sp³-hybridized carbons (Fsp3) is 0.353. The molecule has 0 bridgehead atoms. The van der Waals surface area contributed by atoms with Gasteiger partial charge in [0.05, 0.1) is 6.54 Å². The number of carbonyl (C=O) groups excluding carboxylic acids is 1. The maximum Gasteiger partial charge on any atom is 0.162 e. The third kappa shape index (κ3) is 2.93. The molecule has 1 aromatic carbocycles. The van der Waals surface area contributed by atoms with Gasteiger partial charge in [-0.25, -0.2) is 0 Å². The number of thiophene rings is 1. The molecule has 2 nitrogen and oxygen atoms in total. The zero-order valence-electron chi connectivity index (χ0n) is 11.7. The summed E-state index contributed by atoms with van der Waals surface area (Å²) in [5.74, 6) is 0.216. The van der Waals surface area contributed by atoms with E-state index in [0.29, 0.717) is 12.5 Å². The predicted molar refractivity (Wildman–Crippen MR) is 84.6 cm³/mol. The van der Waals surface area contributed by atoms with Crippen molar-refractivity contribution in [2.45, 2.75) is 38.8 Å². The summed E-state index contributed by atoms with van der Waals surface area (Å²) in [6.45, 7) is 2.88. The molecule has 1 aromatic heterocycles. The Morgan fingerprint density at radius 1 is 1.25 bits per heavy atom. The molecule has 1 saturated carbocycles. The zero-order chi connectivity index (χ0) is 13.9. The van der Waals surface area contributed by atoms with E-state index in [-0.39, 0.29) is 5.78 Å². The van der Waals surface area contributed by atoms with Crippen molar-refractivity contribution in [3.05, 3.63) is 52.2 Å². The minimum atomic E-state index is 0.216. The van der Waals surface area contributed by atoms with Crippen LogP contribution < -0.4 is 4.90 Å². The highest BCUT2D eigenvalue weighted by Gasteiger charge is 2.29. The lowest BCUT2D eigenvalue weighted by Gasteiger charge is -2.24.